The number of para-hydroxylation sites is 1. The zero-order valence-electron chi connectivity index (χ0n) is 16.5. The van der Waals surface area contributed by atoms with Crippen molar-refractivity contribution >= 4 is 6.03 Å². The van der Waals surface area contributed by atoms with E-state index in [1.165, 1.54) is 0 Å². The van der Waals surface area contributed by atoms with Crippen LogP contribution in [-0.4, -0.2) is 35.3 Å². The molecule has 0 spiro atoms. The Hall–Kier alpha value is -2.50. The summed E-state index contributed by atoms with van der Waals surface area (Å²) in [5.41, 5.74) is 1.25. The van der Waals surface area contributed by atoms with Gasteiger partial charge in [-0.25, -0.2) is 4.79 Å². The molecule has 2 aromatic rings. The molecule has 1 heterocycles. The molecule has 1 aromatic carbocycles. The number of ether oxygens (including phenoxy) is 1. The number of hydrogen-bond acceptors (Lipinski definition) is 4. The van der Waals surface area contributed by atoms with Crippen LogP contribution in [0.15, 0.2) is 34.9 Å². The van der Waals surface area contributed by atoms with Crippen LogP contribution < -0.4 is 10.1 Å². The van der Waals surface area contributed by atoms with E-state index in [9.17, 15) is 4.79 Å². The van der Waals surface area contributed by atoms with E-state index in [4.69, 9.17) is 9.26 Å². The minimum absolute atomic E-state index is 0.104. The monoisotopic (exact) mass is 359 g/mol. The molecule has 0 unspecified atom stereocenters. The Morgan fingerprint density at radius 1 is 1.31 bits per heavy atom. The Kier molecular flexibility index (Phi) is 6.29. The molecular formula is C20H29N3O3. The maximum atomic E-state index is 12.6. The highest BCUT2D eigenvalue weighted by Gasteiger charge is 2.22. The Morgan fingerprint density at radius 2 is 2.00 bits per heavy atom. The maximum Gasteiger partial charge on any atom is 0.318 e. The van der Waals surface area contributed by atoms with Crippen molar-refractivity contribution in [2.45, 2.75) is 46.7 Å². The van der Waals surface area contributed by atoms with E-state index in [-0.39, 0.29) is 11.6 Å². The second-order valence-corrected chi connectivity index (χ2v) is 7.84. The fraction of sp³-hybridized carbons (Fsp3) is 0.500. The number of aromatic nitrogens is 1. The Morgan fingerprint density at radius 3 is 2.62 bits per heavy atom. The van der Waals surface area contributed by atoms with Crippen LogP contribution in [0.25, 0.3) is 11.3 Å². The van der Waals surface area contributed by atoms with Crippen LogP contribution in [0.2, 0.25) is 0 Å². The first-order chi connectivity index (χ1) is 12.2. The zero-order chi connectivity index (χ0) is 19.3. The van der Waals surface area contributed by atoms with E-state index in [0.29, 0.717) is 30.5 Å². The van der Waals surface area contributed by atoms with Gasteiger partial charge in [0, 0.05) is 18.2 Å². The van der Waals surface area contributed by atoms with Gasteiger partial charge in [0.2, 0.25) is 0 Å². The summed E-state index contributed by atoms with van der Waals surface area (Å²) in [6.07, 6.45) is 0. The molecule has 1 N–H and O–H groups in total. The molecular weight excluding hydrogens is 330 g/mol. The fourth-order valence-corrected chi connectivity index (χ4v) is 2.62. The molecule has 0 aliphatic rings. The Labute approximate surface area is 155 Å². The van der Waals surface area contributed by atoms with Crippen LogP contribution in [0, 0.1) is 5.92 Å². The molecule has 2 amide bonds. The smallest absolute Gasteiger partial charge is 0.318 e. The molecule has 0 aliphatic carbocycles. The summed E-state index contributed by atoms with van der Waals surface area (Å²) in [4.78, 5) is 14.4. The number of carbonyl (C=O) groups excluding carboxylic acids is 1. The predicted octanol–water partition coefficient (Wildman–Crippen LogP) is 4.32. The number of rotatable bonds is 6. The summed E-state index contributed by atoms with van der Waals surface area (Å²) in [6, 6.07) is 9.37. The third-order valence-electron chi connectivity index (χ3n) is 3.64. The first-order valence-corrected chi connectivity index (χ1v) is 8.85. The fourth-order valence-electron chi connectivity index (χ4n) is 2.62. The van der Waals surface area contributed by atoms with Gasteiger partial charge in [-0.3, -0.25) is 0 Å². The van der Waals surface area contributed by atoms with Crippen LogP contribution in [0.1, 0.15) is 40.3 Å². The lowest BCUT2D eigenvalue weighted by molar-refractivity contribution is 0.177. The second kappa shape index (κ2) is 8.25. The number of amides is 2. The molecule has 1 aromatic heterocycles. The zero-order valence-corrected chi connectivity index (χ0v) is 16.5. The average Bonchev–Trinajstić information content (AvgIpc) is 3.00. The van der Waals surface area contributed by atoms with Crippen molar-refractivity contribution in [1.82, 2.24) is 15.4 Å². The first kappa shape index (κ1) is 19.8. The maximum absolute atomic E-state index is 12.6. The standard InChI is InChI=1S/C20H29N3O3/c1-14(2)12-23(19(24)21-20(3,4)5)13-15-11-18(26-22-15)16-9-7-8-10-17(16)25-6/h7-11,14H,12-13H2,1-6H3,(H,21,24). The third kappa shape index (κ3) is 5.51. The number of benzene rings is 1. The molecule has 6 heteroatoms. The summed E-state index contributed by atoms with van der Waals surface area (Å²) >= 11 is 0. The quantitative estimate of drug-likeness (QED) is 0.834. The third-order valence-corrected chi connectivity index (χ3v) is 3.64. The second-order valence-electron chi connectivity index (χ2n) is 7.84. The minimum atomic E-state index is -0.293. The van der Waals surface area contributed by atoms with Gasteiger partial charge in [0.15, 0.2) is 5.76 Å². The molecule has 0 fully saturated rings. The van der Waals surface area contributed by atoms with Gasteiger partial charge < -0.3 is 19.5 Å². The molecule has 142 valence electrons. The summed E-state index contributed by atoms with van der Waals surface area (Å²) in [6.45, 7) is 11.1. The van der Waals surface area contributed by atoms with Crippen molar-refractivity contribution in [2.75, 3.05) is 13.7 Å². The van der Waals surface area contributed by atoms with Crippen LogP contribution in [0.4, 0.5) is 4.79 Å². The van der Waals surface area contributed by atoms with Gasteiger partial charge >= 0.3 is 6.03 Å². The molecule has 26 heavy (non-hydrogen) atoms. The van der Waals surface area contributed by atoms with Gasteiger partial charge in [0.25, 0.3) is 0 Å². The van der Waals surface area contributed by atoms with E-state index in [2.05, 4.69) is 24.3 Å². The predicted molar refractivity (Wildman–Crippen MR) is 102 cm³/mol. The summed E-state index contributed by atoms with van der Waals surface area (Å²) in [5.74, 6) is 1.69. The van der Waals surface area contributed by atoms with E-state index in [1.807, 2.05) is 51.1 Å². The van der Waals surface area contributed by atoms with Crippen LogP contribution in [-0.2, 0) is 6.54 Å². The number of hydrogen-bond donors (Lipinski definition) is 1. The molecule has 0 saturated carbocycles. The molecule has 0 atom stereocenters. The van der Waals surface area contributed by atoms with Crippen LogP contribution >= 0.6 is 0 Å². The summed E-state index contributed by atoms with van der Waals surface area (Å²) in [5, 5.41) is 7.15. The summed E-state index contributed by atoms with van der Waals surface area (Å²) < 4.78 is 10.9. The lowest BCUT2D eigenvalue weighted by atomic mass is 10.1. The number of urea groups is 1. The van der Waals surface area contributed by atoms with Crippen molar-refractivity contribution in [1.29, 1.82) is 0 Å². The highest BCUT2D eigenvalue weighted by Crippen LogP contribution is 2.30. The lowest BCUT2D eigenvalue weighted by Gasteiger charge is -2.29. The SMILES string of the molecule is COc1ccccc1-c1cc(CN(CC(C)C)C(=O)NC(C)(C)C)no1. The summed E-state index contributed by atoms with van der Waals surface area (Å²) in [7, 11) is 1.62. The number of nitrogens with zero attached hydrogens (tertiary/aromatic N) is 2. The average molecular weight is 359 g/mol. The first-order valence-electron chi connectivity index (χ1n) is 8.85. The van der Waals surface area contributed by atoms with Crippen molar-refractivity contribution in [3.63, 3.8) is 0 Å². The molecule has 0 saturated heterocycles. The van der Waals surface area contributed by atoms with Gasteiger partial charge in [-0.2, -0.15) is 0 Å². The number of methoxy groups -OCH3 is 1. The van der Waals surface area contributed by atoms with Crippen LogP contribution in [0.5, 0.6) is 5.75 Å². The Bertz CT molecular complexity index is 732. The number of carbonyl (C=O) groups is 1. The van der Waals surface area contributed by atoms with E-state index < -0.39 is 0 Å². The van der Waals surface area contributed by atoms with Crippen molar-refractivity contribution in [3.8, 4) is 17.1 Å². The van der Waals surface area contributed by atoms with Crippen molar-refractivity contribution in [3.05, 3.63) is 36.0 Å². The van der Waals surface area contributed by atoms with Crippen molar-refractivity contribution in [2.24, 2.45) is 5.92 Å². The Balaban J connectivity index is 2.19. The van der Waals surface area contributed by atoms with Gasteiger partial charge in [0.05, 0.1) is 19.2 Å². The van der Waals surface area contributed by atoms with Crippen LogP contribution in [0.3, 0.4) is 0 Å². The number of nitrogens with one attached hydrogen (secondary N) is 1. The molecule has 2 rings (SSSR count). The minimum Gasteiger partial charge on any atom is -0.496 e. The molecule has 0 aliphatic heterocycles. The lowest BCUT2D eigenvalue weighted by Crippen LogP contribution is -2.49. The largest absolute Gasteiger partial charge is 0.496 e. The highest BCUT2D eigenvalue weighted by molar-refractivity contribution is 5.75. The van der Waals surface area contributed by atoms with E-state index in [0.717, 1.165) is 11.3 Å². The van der Waals surface area contributed by atoms with E-state index >= 15 is 0 Å². The highest BCUT2D eigenvalue weighted by atomic mass is 16.5. The van der Waals surface area contributed by atoms with Gasteiger partial charge in [-0.15, -0.1) is 0 Å². The molecule has 6 nitrogen and oxygen atoms in total. The van der Waals surface area contributed by atoms with Gasteiger partial charge in [-0.1, -0.05) is 31.1 Å². The van der Waals surface area contributed by atoms with Crippen molar-refractivity contribution < 1.29 is 14.1 Å². The molecule has 0 bridgehead atoms. The molecule has 0 radical (unpaired) electrons. The van der Waals surface area contributed by atoms with Gasteiger partial charge in [0.1, 0.15) is 11.4 Å². The normalized spacial score (nSPS) is 11.5. The van der Waals surface area contributed by atoms with Gasteiger partial charge in [-0.05, 0) is 38.8 Å². The van der Waals surface area contributed by atoms with E-state index in [1.54, 1.807) is 12.0 Å². The topological polar surface area (TPSA) is 67.6 Å².